The second-order valence-corrected chi connectivity index (χ2v) is 7.41. The predicted molar refractivity (Wildman–Crippen MR) is 101 cm³/mol. The Morgan fingerprint density at radius 3 is 2.19 bits per heavy atom. The number of esters is 1. The van der Waals surface area contributed by atoms with Crippen molar-refractivity contribution >= 4 is 23.5 Å². The van der Waals surface area contributed by atoms with Gasteiger partial charge in [-0.25, -0.2) is 0 Å². The van der Waals surface area contributed by atoms with E-state index >= 15 is 0 Å². The Morgan fingerprint density at radius 2 is 1.70 bits per heavy atom. The van der Waals surface area contributed by atoms with Gasteiger partial charge in [0.2, 0.25) is 0 Å². The van der Waals surface area contributed by atoms with Crippen molar-refractivity contribution in [3.8, 4) is 0 Å². The number of hydrogen-bond acceptors (Lipinski definition) is 6. The van der Waals surface area contributed by atoms with Crippen LogP contribution in [0.3, 0.4) is 0 Å². The molecule has 152 valence electrons. The molecule has 5 N–H and O–H groups in total. The quantitative estimate of drug-likeness (QED) is 0.327. The molecule has 1 amide bonds. The first kappa shape index (κ1) is 23.4. The number of aliphatic hydroxyl groups is 3. The zero-order valence-electron chi connectivity index (χ0n) is 15.5. The minimum atomic E-state index is -2.06. The molecule has 1 aromatic rings. The van der Waals surface area contributed by atoms with Gasteiger partial charge in [0, 0.05) is 11.4 Å². The maximum Gasteiger partial charge on any atom is 0.306 e. The summed E-state index contributed by atoms with van der Waals surface area (Å²) in [6, 6.07) is 6.91. The molecule has 0 heterocycles. The molecule has 7 nitrogen and oxygen atoms in total. The summed E-state index contributed by atoms with van der Waals surface area (Å²) in [7, 11) is 0. The Labute approximate surface area is 164 Å². The average molecular weight is 402 g/mol. The fourth-order valence-corrected chi connectivity index (χ4v) is 2.80. The number of primary amides is 1. The van der Waals surface area contributed by atoms with Crippen molar-refractivity contribution in [3.05, 3.63) is 34.9 Å². The van der Waals surface area contributed by atoms with Crippen LogP contribution in [0.1, 0.15) is 38.7 Å². The Morgan fingerprint density at radius 1 is 1.11 bits per heavy atom. The first-order chi connectivity index (χ1) is 12.6. The number of benzene rings is 1. The molecule has 0 saturated heterocycles. The predicted octanol–water partition coefficient (Wildman–Crippen LogP) is 1.39. The Bertz CT molecular complexity index is 605. The van der Waals surface area contributed by atoms with Gasteiger partial charge in [0.25, 0.3) is 5.91 Å². The molecule has 0 aromatic heterocycles. The number of rotatable bonds is 11. The molecule has 0 aliphatic heterocycles. The lowest BCUT2D eigenvalue weighted by Gasteiger charge is -2.30. The molecular formula is C19H28ClNO6. The summed E-state index contributed by atoms with van der Waals surface area (Å²) in [6.45, 7) is 3.89. The fraction of sp³-hybridized carbons (Fsp3) is 0.579. The SMILES string of the molecule is CC(C)CCC(O)C(C(O)O)C(OC(=O)CCc1ccc(Cl)cc1)C(N)=O. The zero-order chi connectivity index (χ0) is 20.6. The molecule has 1 rings (SSSR count). The van der Waals surface area contributed by atoms with E-state index in [0.717, 1.165) is 5.56 Å². The monoisotopic (exact) mass is 401 g/mol. The molecule has 0 aliphatic rings. The maximum absolute atomic E-state index is 12.1. The lowest BCUT2D eigenvalue weighted by Crippen LogP contribution is -2.49. The molecule has 0 radical (unpaired) electrons. The number of aliphatic hydroxyl groups excluding tert-OH is 2. The minimum Gasteiger partial charge on any atom is -0.452 e. The first-order valence-corrected chi connectivity index (χ1v) is 9.27. The van der Waals surface area contributed by atoms with Gasteiger partial charge in [-0.1, -0.05) is 37.6 Å². The highest BCUT2D eigenvalue weighted by Gasteiger charge is 2.39. The second kappa shape index (κ2) is 11.2. The summed E-state index contributed by atoms with van der Waals surface area (Å²) in [4.78, 5) is 23.8. The topological polar surface area (TPSA) is 130 Å². The van der Waals surface area contributed by atoms with Crippen LogP contribution in [0.5, 0.6) is 0 Å². The van der Waals surface area contributed by atoms with Crippen molar-refractivity contribution in [2.75, 3.05) is 0 Å². The molecule has 0 bridgehead atoms. The molecule has 8 heteroatoms. The summed E-state index contributed by atoms with van der Waals surface area (Å²) in [5, 5.41) is 30.0. The van der Waals surface area contributed by atoms with Crippen molar-refractivity contribution in [1.29, 1.82) is 0 Å². The third-order valence-electron chi connectivity index (χ3n) is 4.25. The number of nitrogens with two attached hydrogens (primary N) is 1. The summed E-state index contributed by atoms with van der Waals surface area (Å²) in [5.74, 6) is -2.92. The lowest BCUT2D eigenvalue weighted by molar-refractivity contribution is -0.184. The normalized spacial score (nSPS) is 14.8. The van der Waals surface area contributed by atoms with E-state index in [1.165, 1.54) is 0 Å². The number of aryl methyl sites for hydroxylation is 1. The van der Waals surface area contributed by atoms with Crippen LogP contribution in [-0.2, 0) is 20.7 Å². The number of carbonyl (C=O) groups excluding carboxylic acids is 2. The number of ether oxygens (including phenoxy) is 1. The van der Waals surface area contributed by atoms with E-state index in [9.17, 15) is 24.9 Å². The standard InChI is InChI=1S/C19H28ClNO6/c1-11(2)3-9-14(22)16(19(25)26)17(18(21)24)27-15(23)10-6-12-4-7-13(20)8-5-12/h4-5,7-8,11,14,16-17,19,22,25-26H,3,6,9-10H2,1-2H3,(H2,21,24). The van der Waals surface area contributed by atoms with E-state index in [0.29, 0.717) is 17.9 Å². The van der Waals surface area contributed by atoms with Gasteiger partial charge in [-0.3, -0.25) is 9.59 Å². The van der Waals surface area contributed by atoms with Crippen LogP contribution in [-0.4, -0.2) is 45.7 Å². The lowest BCUT2D eigenvalue weighted by atomic mass is 9.89. The number of hydrogen-bond donors (Lipinski definition) is 4. The van der Waals surface area contributed by atoms with E-state index in [1.807, 2.05) is 13.8 Å². The summed E-state index contributed by atoms with van der Waals surface area (Å²) in [6.07, 6.45) is -3.83. The molecule has 3 atom stereocenters. The van der Waals surface area contributed by atoms with Crippen LogP contribution in [0, 0.1) is 11.8 Å². The van der Waals surface area contributed by atoms with Gasteiger partial charge in [0.1, 0.15) is 0 Å². The average Bonchev–Trinajstić information content (AvgIpc) is 2.58. The Balaban J connectivity index is 2.74. The van der Waals surface area contributed by atoms with Crippen LogP contribution in [0.4, 0.5) is 0 Å². The fourth-order valence-electron chi connectivity index (χ4n) is 2.68. The molecule has 0 fully saturated rings. The third kappa shape index (κ3) is 8.26. The van der Waals surface area contributed by atoms with Gasteiger partial charge in [-0.2, -0.15) is 0 Å². The van der Waals surface area contributed by atoms with Crippen molar-refractivity contribution in [2.24, 2.45) is 17.6 Å². The van der Waals surface area contributed by atoms with E-state index in [-0.39, 0.29) is 18.8 Å². The van der Waals surface area contributed by atoms with E-state index in [4.69, 9.17) is 22.1 Å². The van der Waals surface area contributed by atoms with Crippen LogP contribution in [0.15, 0.2) is 24.3 Å². The van der Waals surface area contributed by atoms with Gasteiger partial charge in [-0.05, 0) is 42.9 Å². The highest BCUT2D eigenvalue weighted by molar-refractivity contribution is 6.30. The number of halogens is 1. The van der Waals surface area contributed by atoms with Gasteiger partial charge >= 0.3 is 5.97 Å². The molecule has 0 aliphatic carbocycles. The van der Waals surface area contributed by atoms with Crippen molar-refractivity contribution in [2.45, 2.75) is 58.0 Å². The largest absolute Gasteiger partial charge is 0.452 e. The van der Waals surface area contributed by atoms with Gasteiger partial charge in [0.05, 0.1) is 12.0 Å². The number of amides is 1. The van der Waals surface area contributed by atoms with Gasteiger partial charge < -0.3 is 25.8 Å². The maximum atomic E-state index is 12.1. The molecule has 3 unspecified atom stereocenters. The first-order valence-electron chi connectivity index (χ1n) is 8.89. The van der Waals surface area contributed by atoms with E-state index < -0.39 is 36.3 Å². The molecule has 27 heavy (non-hydrogen) atoms. The highest BCUT2D eigenvalue weighted by Crippen LogP contribution is 2.22. The zero-order valence-corrected chi connectivity index (χ0v) is 16.3. The Hall–Kier alpha value is -1.67. The summed E-state index contributed by atoms with van der Waals surface area (Å²) >= 11 is 5.80. The third-order valence-corrected chi connectivity index (χ3v) is 4.50. The van der Waals surface area contributed by atoms with Crippen molar-refractivity contribution in [3.63, 3.8) is 0 Å². The van der Waals surface area contributed by atoms with Gasteiger partial charge in [-0.15, -0.1) is 0 Å². The van der Waals surface area contributed by atoms with E-state index in [1.54, 1.807) is 24.3 Å². The number of carbonyl (C=O) groups is 2. The molecule has 1 aromatic carbocycles. The Kier molecular flexibility index (Phi) is 9.73. The van der Waals surface area contributed by atoms with E-state index in [2.05, 4.69) is 0 Å². The molecule has 0 spiro atoms. The molecule has 0 saturated carbocycles. The van der Waals surface area contributed by atoms with Crippen LogP contribution >= 0.6 is 11.6 Å². The highest BCUT2D eigenvalue weighted by atomic mass is 35.5. The second-order valence-electron chi connectivity index (χ2n) is 6.97. The van der Waals surface area contributed by atoms with Crippen LogP contribution in [0.25, 0.3) is 0 Å². The molecular weight excluding hydrogens is 374 g/mol. The van der Waals surface area contributed by atoms with Crippen molar-refractivity contribution < 1.29 is 29.6 Å². The van der Waals surface area contributed by atoms with Crippen LogP contribution < -0.4 is 5.73 Å². The minimum absolute atomic E-state index is 0.0399. The van der Waals surface area contributed by atoms with Gasteiger partial charge in [0.15, 0.2) is 12.4 Å². The van der Waals surface area contributed by atoms with Crippen LogP contribution in [0.2, 0.25) is 5.02 Å². The summed E-state index contributed by atoms with van der Waals surface area (Å²) < 4.78 is 5.09. The summed E-state index contributed by atoms with van der Waals surface area (Å²) in [5.41, 5.74) is 6.13. The van der Waals surface area contributed by atoms with Crippen molar-refractivity contribution in [1.82, 2.24) is 0 Å². The smallest absolute Gasteiger partial charge is 0.306 e.